The van der Waals surface area contributed by atoms with E-state index in [1.807, 2.05) is 24.3 Å². The smallest absolute Gasteiger partial charge is 0.206 e. The molecule has 0 saturated heterocycles. The van der Waals surface area contributed by atoms with Crippen molar-refractivity contribution in [3.8, 4) is 0 Å². The molecule has 5 heteroatoms. The molecule has 1 aliphatic rings. The van der Waals surface area contributed by atoms with Gasteiger partial charge in [0.05, 0.1) is 6.26 Å². The van der Waals surface area contributed by atoms with Gasteiger partial charge in [0, 0.05) is 12.1 Å². The van der Waals surface area contributed by atoms with Crippen LogP contribution in [0.4, 0.5) is 0 Å². The van der Waals surface area contributed by atoms with Crippen LogP contribution in [0.2, 0.25) is 0 Å². The lowest BCUT2D eigenvalue weighted by molar-refractivity contribution is 0.590. The number of nitrogens with zero attached hydrogens (tertiary/aromatic N) is 1. The summed E-state index contributed by atoms with van der Waals surface area (Å²) in [5, 5.41) is 3.62. The molecule has 0 spiro atoms. The Bertz CT molecular complexity index is 341. The second-order valence-corrected chi connectivity index (χ2v) is 4.58. The summed E-state index contributed by atoms with van der Waals surface area (Å²) in [7, 11) is -3.21. The van der Waals surface area contributed by atoms with E-state index in [9.17, 15) is 8.42 Å². The van der Waals surface area contributed by atoms with Crippen LogP contribution in [-0.2, 0) is 10.0 Å². The van der Waals surface area contributed by atoms with Crippen molar-refractivity contribution in [2.45, 2.75) is 6.42 Å². The normalized spacial score (nSPS) is 22.4. The van der Waals surface area contributed by atoms with Gasteiger partial charge in [-0.3, -0.25) is 0 Å². The summed E-state index contributed by atoms with van der Waals surface area (Å²) < 4.78 is 21.2. The summed E-state index contributed by atoms with van der Waals surface area (Å²) in [5.74, 6) is 0.194. The van der Waals surface area contributed by atoms with Crippen molar-refractivity contribution in [1.82, 2.24) is 4.83 Å². The molecule has 0 aromatic rings. The molecule has 0 heterocycles. The maximum Gasteiger partial charge on any atom is 0.244 e. The largest absolute Gasteiger partial charge is 0.244 e. The van der Waals surface area contributed by atoms with Crippen LogP contribution >= 0.6 is 0 Å². The van der Waals surface area contributed by atoms with Gasteiger partial charge in [-0.25, -0.2) is 13.2 Å². The summed E-state index contributed by atoms with van der Waals surface area (Å²) >= 11 is 0. The lowest BCUT2D eigenvalue weighted by Gasteiger charge is -2.05. The molecule has 0 amide bonds. The first-order valence-corrected chi connectivity index (χ1v) is 5.80. The minimum absolute atomic E-state index is 0.194. The molecule has 0 aromatic carbocycles. The number of rotatable bonds is 3. The monoisotopic (exact) mass is 200 g/mol. The first-order valence-electron chi connectivity index (χ1n) is 3.91. The van der Waals surface area contributed by atoms with Crippen LogP contribution in [0.3, 0.4) is 0 Å². The quantitative estimate of drug-likeness (QED) is 0.537. The van der Waals surface area contributed by atoms with Crippen LogP contribution in [0.1, 0.15) is 6.42 Å². The molecule has 0 unspecified atom stereocenters. The van der Waals surface area contributed by atoms with Gasteiger partial charge in [-0.15, -0.1) is 0 Å². The highest BCUT2D eigenvalue weighted by Crippen LogP contribution is 2.07. The molecule has 0 bridgehead atoms. The zero-order chi connectivity index (χ0) is 9.73. The molecule has 0 aromatic heterocycles. The van der Waals surface area contributed by atoms with Crippen LogP contribution < -0.4 is 4.83 Å². The zero-order valence-corrected chi connectivity index (χ0v) is 8.16. The molecule has 0 radical (unpaired) electrons. The first-order chi connectivity index (χ1) is 6.08. The number of allylic oxidation sites excluding steroid dienone is 4. The summed E-state index contributed by atoms with van der Waals surface area (Å²) in [6.07, 6.45) is 11.4. The second-order valence-electron chi connectivity index (χ2n) is 2.85. The second kappa shape index (κ2) is 4.23. The predicted octanol–water partition coefficient (Wildman–Crippen LogP) is 0.654. The molecule has 72 valence electrons. The number of sulfonamides is 1. The van der Waals surface area contributed by atoms with Gasteiger partial charge in [-0.2, -0.15) is 5.10 Å². The lowest BCUT2D eigenvalue weighted by atomic mass is 10.0. The minimum atomic E-state index is -3.21. The minimum Gasteiger partial charge on any atom is -0.206 e. The van der Waals surface area contributed by atoms with E-state index in [4.69, 9.17) is 0 Å². The molecule has 0 fully saturated rings. The zero-order valence-electron chi connectivity index (χ0n) is 7.34. The Labute approximate surface area is 78.1 Å². The van der Waals surface area contributed by atoms with Gasteiger partial charge >= 0.3 is 0 Å². The Morgan fingerprint density at radius 2 is 2.31 bits per heavy atom. The molecule has 13 heavy (non-hydrogen) atoms. The summed E-state index contributed by atoms with van der Waals surface area (Å²) in [5.41, 5.74) is 0. The van der Waals surface area contributed by atoms with Gasteiger partial charge in [0.2, 0.25) is 10.0 Å². The number of hydrogen-bond acceptors (Lipinski definition) is 3. The van der Waals surface area contributed by atoms with Crippen LogP contribution in [0.15, 0.2) is 29.4 Å². The van der Waals surface area contributed by atoms with Gasteiger partial charge in [-0.05, 0) is 6.42 Å². The number of hydrazone groups is 1. The van der Waals surface area contributed by atoms with E-state index >= 15 is 0 Å². The van der Waals surface area contributed by atoms with E-state index in [0.29, 0.717) is 0 Å². The van der Waals surface area contributed by atoms with Crippen molar-refractivity contribution in [1.29, 1.82) is 0 Å². The van der Waals surface area contributed by atoms with Crippen molar-refractivity contribution in [3.05, 3.63) is 24.3 Å². The van der Waals surface area contributed by atoms with E-state index in [1.54, 1.807) is 6.21 Å². The average Bonchev–Trinajstić information content (AvgIpc) is 2.04. The van der Waals surface area contributed by atoms with Gasteiger partial charge < -0.3 is 0 Å². The van der Waals surface area contributed by atoms with Crippen molar-refractivity contribution < 1.29 is 8.42 Å². The predicted molar refractivity (Wildman–Crippen MR) is 52.9 cm³/mol. The molecular formula is C8H12N2O2S. The van der Waals surface area contributed by atoms with Crippen molar-refractivity contribution in [2.75, 3.05) is 6.26 Å². The first kappa shape index (κ1) is 9.98. The Kier molecular flexibility index (Phi) is 3.25. The Balaban J connectivity index is 2.41. The van der Waals surface area contributed by atoms with Crippen molar-refractivity contribution in [3.63, 3.8) is 0 Å². The van der Waals surface area contributed by atoms with Crippen LogP contribution in [0.25, 0.3) is 0 Å². The topological polar surface area (TPSA) is 58.5 Å². The molecule has 4 nitrogen and oxygen atoms in total. The Morgan fingerprint density at radius 3 is 2.85 bits per heavy atom. The molecule has 0 aliphatic heterocycles. The SMILES string of the molecule is CS(=O)(=O)N/N=C/[C@H]1C=CC=CC1. The van der Waals surface area contributed by atoms with Crippen LogP contribution in [0.5, 0.6) is 0 Å². The van der Waals surface area contributed by atoms with E-state index in [-0.39, 0.29) is 5.92 Å². The molecule has 0 saturated carbocycles. The molecule has 1 rings (SSSR count). The van der Waals surface area contributed by atoms with Gasteiger partial charge in [0.15, 0.2) is 0 Å². The standard InChI is InChI=1S/C8H12N2O2S/c1-13(11,12)10-9-7-8-5-3-2-4-6-8/h2-5,7-8,10H,6H2,1H3/b9-7+/t8-/m0/s1. The van der Waals surface area contributed by atoms with E-state index in [2.05, 4.69) is 9.93 Å². The van der Waals surface area contributed by atoms with Crippen molar-refractivity contribution in [2.24, 2.45) is 11.0 Å². The summed E-state index contributed by atoms with van der Waals surface area (Å²) in [4.78, 5) is 2.05. The molecule has 1 atom stereocenters. The fraction of sp³-hybridized carbons (Fsp3) is 0.375. The van der Waals surface area contributed by atoms with E-state index < -0.39 is 10.0 Å². The third-order valence-electron chi connectivity index (χ3n) is 1.50. The third kappa shape index (κ3) is 4.47. The van der Waals surface area contributed by atoms with E-state index in [0.717, 1.165) is 12.7 Å². The van der Waals surface area contributed by atoms with Gasteiger partial charge in [-0.1, -0.05) is 24.3 Å². The Hall–Kier alpha value is -1.10. The highest BCUT2D eigenvalue weighted by Gasteiger charge is 2.01. The Morgan fingerprint density at radius 1 is 1.54 bits per heavy atom. The molecule has 1 N–H and O–H groups in total. The highest BCUT2D eigenvalue weighted by molar-refractivity contribution is 7.88. The van der Waals surface area contributed by atoms with Crippen LogP contribution in [-0.4, -0.2) is 20.9 Å². The summed E-state index contributed by atoms with van der Waals surface area (Å²) in [6, 6.07) is 0. The third-order valence-corrected chi connectivity index (χ3v) is 1.94. The summed E-state index contributed by atoms with van der Waals surface area (Å²) in [6.45, 7) is 0. The number of hydrogen-bond donors (Lipinski definition) is 1. The fourth-order valence-corrected chi connectivity index (χ4v) is 1.18. The molecular weight excluding hydrogens is 188 g/mol. The highest BCUT2D eigenvalue weighted by atomic mass is 32.2. The number of nitrogens with one attached hydrogen (secondary N) is 1. The average molecular weight is 200 g/mol. The maximum absolute atomic E-state index is 10.6. The van der Waals surface area contributed by atoms with Gasteiger partial charge in [0.25, 0.3) is 0 Å². The maximum atomic E-state index is 10.6. The fourth-order valence-electron chi connectivity index (χ4n) is 0.932. The van der Waals surface area contributed by atoms with Crippen molar-refractivity contribution >= 4 is 16.2 Å². The van der Waals surface area contributed by atoms with Gasteiger partial charge in [0.1, 0.15) is 0 Å². The molecule has 1 aliphatic carbocycles. The lowest BCUT2D eigenvalue weighted by Crippen LogP contribution is -2.16. The van der Waals surface area contributed by atoms with E-state index in [1.165, 1.54) is 0 Å². The van der Waals surface area contributed by atoms with Crippen LogP contribution in [0, 0.1) is 5.92 Å².